The molecule has 0 bridgehead atoms. The van der Waals surface area contributed by atoms with E-state index in [9.17, 15) is 0 Å². The van der Waals surface area contributed by atoms with Crippen molar-refractivity contribution in [1.82, 2.24) is 4.90 Å². The van der Waals surface area contributed by atoms with Crippen LogP contribution in [0.2, 0.25) is 0 Å². The molecular weight excluding hydrogens is 227 g/mol. The Bertz CT molecular complexity index is 359. The molecule has 1 aromatic carbocycles. The topological polar surface area (TPSA) is 17.3 Å². The first-order valence-corrected chi connectivity index (χ1v) is 6.96. The van der Waals surface area contributed by atoms with Gasteiger partial charge in [0.25, 0.3) is 0 Å². The molecular formula is C16H25LiN2. The van der Waals surface area contributed by atoms with Gasteiger partial charge in [0.1, 0.15) is 0 Å². The van der Waals surface area contributed by atoms with E-state index in [0.717, 1.165) is 19.6 Å². The smallest absolute Gasteiger partial charge is 0.658 e. The molecule has 1 fully saturated rings. The average molecular weight is 252 g/mol. The van der Waals surface area contributed by atoms with E-state index in [-0.39, 0.29) is 18.9 Å². The van der Waals surface area contributed by atoms with E-state index in [2.05, 4.69) is 56.0 Å². The van der Waals surface area contributed by atoms with Gasteiger partial charge in [-0.1, -0.05) is 62.9 Å². The summed E-state index contributed by atoms with van der Waals surface area (Å²) in [6.07, 6.45) is 1.23. The number of rotatable bonds is 4. The summed E-state index contributed by atoms with van der Waals surface area (Å²) in [5.74, 6) is 0. The summed E-state index contributed by atoms with van der Waals surface area (Å²) in [7, 11) is 0. The van der Waals surface area contributed by atoms with Crippen LogP contribution in [0.3, 0.4) is 0 Å². The molecule has 0 spiro atoms. The van der Waals surface area contributed by atoms with Gasteiger partial charge in [-0.15, -0.1) is 12.6 Å². The fraction of sp³-hybridized carbons (Fsp3) is 0.625. The minimum absolute atomic E-state index is 0. The van der Waals surface area contributed by atoms with E-state index in [1.165, 1.54) is 18.5 Å². The van der Waals surface area contributed by atoms with E-state index in [1.807, 2.05) is 0 Å². The third-order valence-corrected chi connectivity index (χ3v) is 3.32. The first-order valence-electron chi connectivity index (χ1n) is 6.96. The Kier molecular flexibility index (Phi) is 6.63. The normalized spacial score (nSPS) is 20.3. The fourth-order valence-corrected chi connectivity index (χ4v) is 2.35. The SMILES string of the molecule is CC(C)(C)C[N-][C@H]1CCN(Cc2ccccc2)C1.[Li+]. The first kappa shape index (κ1) is 16.8. The van der Waals surface area contributed by atoms with Crippen molar-refractivity contribution in [3.63, 3.8) is 0 Å². The Balaban J connectivity index is 0.00000180. The van der Waals surface area contributed by atoms with Crippen LogP contribution in [0.1, 0.15) is 32.8 Å². The zero-order valence-electron chi connectivity index (χ0n) is 12.9. The molecule has 100 valence electrons. The van der Waals surface area contributed by atoms with Gasteiger partial charge in [-0.2, -0.15) is 0 Å². The molecule has 0 amide bonds. The largest absolute Gasteiger partial charge is 1.00 e. The summed E-state index contributed by atoms with van der Waals surface area (Å²) in [5, 5.41) is 4.84. The zero-order valence-corrected chi connectivity index (χ0v) is 12.9. The van der Waals surface area contributed by atoms with Crippen LogP contribution in [0.25, 0.3) is 5.32 Å². The molecule has 2 nitrogen and oxygen atoms in total. The summed E-state index contributed by atoms with van der Waals surface area (Å²) in [6.45, 7) is 11.1. The standard InChI is InChI=1S/C16H25N2.Li/c1-16(2,3)13-17-15-9-10-18(12-15)11-14-7-5-4-6-8-14;/h4-8,15H,9-13H2,1-3H3;/q-1;+1/t15-;/m0./s1. The Labute approximate surface area is 130 Å². The Hall–Kier alpha value is -0.263. The molecule has 1 heterocycles. The second-order valence-corrected chi connectivity index (χ2v) is 6.56. The fourth-order valence-electron chi connectivity index (χ4n) is 2.35. The van der Waals surface area contributed by atoms with Crippen molar-refractivity contribution >= 4 is 0 Å². The number of hydrogen-bond acceptors (Lipinski definition) is 1. The van der Waals surface area contributed by atoms with Gasteiger partial charge >= 0.3 is 18.9 Å². The van der Waals surface area contributed by atoms with Crippen molar-refractivity contribution in [2.45, 2.75) is 39.8 Å². The monoisotopic (exact) mass is 252 g/mol. The Morgan fingerprint density at radius 1 is 1.21 bits per heavy atom. The van der Waals surface area contributed by atoms with Gasteiger partial charge < -0.3 is 10.2 Å². The van der Waals surface area contributed by atoms with Crippen LogP contribution in [-0.4, -0.2) is 30.6 Å². The predicted octanol–water partition coefficient (Wildman–Crippen LogP) is 0.685. The summed E-state index contributed by atoms with van der Waals surface area (Å²) >= 11 is 0. The van der Waals surface area contributed by atoms with Crippen LogP contribution in [0.15, 0.2) is 30.3 Å². The van der Waals surface area contributed by atoms with Crippen LogP contribution < -0.4 is 18.9 Å². The summed E-state index contributed by atoms with van der Waals surface area (Å²) < 4.78 is 0. The van der Waals surface area contributed by atoms with Gasteiger partial charge in [0, 0.05) is 6.54 Å². The van der Waals surface area contributed by atoms with Gasteiger partial charge in [-0.05, 0) is 18.7 Å². The van der Waals surface area contributed by atoms with Gasteiger partial charge in [0.15, 0.2) is 0 Å². The molecule has 0 aromatic heterocycles. The molecule has 0 aliphatic carbocycles. The van der Waals surface area contributed by atoms with Crippen LogP contribution >= 0.6 is 0 Å². The van der Waals surface area contributed by atoms with Gasteiger partial charge in [-0.25, -0.2) is 0 Å². The van der Waals surface area contributed by atoms with E-state index in [0.29, 0.717) is 11.5 Å². The summed E-state index contributed by atoms with van der Waals surface area (Å²) in [5.41, 5.74) is 1.74. The van der Waals surface area contributed by atoms with Gasteiger partial charge in [0.05, 0.1) is 0 Å². The maximum absolute atomic E-state index is 4.84. The quantitative estimate of drug-likeness (QED) is 0.721. The zero-order chi connectivity index (χ0) is 13.0. The number of likely N-dealkylation sites (tertiary alicyclic amines) is 1. The number of hydrogen-bond donors (Lipinski definition) is 0. The molecule has 0 unspecified atom stereocenters. The van der Waals surface area contributed by atoms with E-state index in [4.69, 9.17) is 5.32 Å². The van der Waals surface area contributed by atoms with Crippen molar-refractivity contribution in [2.24, 2.45) is 5.41 Å². The first-order chi connectivity index (χ1) is 8.53. The van der Waals surface area contributed by atoms with Crippen LogP contribution in [0, 0.1) is 5.41 Å². The second kappa shape index (κ2) is 7.50. The third-order valence-electron chi connectivity index (χ3n) is 3.32. The van der Waals surface area contributed by atoms with Gasteiger partial charge in [-0.3, -0.25) is 0 Å². The Morgan fingerprint density at radius 3 is 2.53 bits per heavy atom. The average Bonchev–Trinajstić information content (AvgIpc) is 2.75. The minimum atomic E-state index is 0. The predicted molar refractivity (Wildman–Crippen MR) is 77.8 cm³/mol. The molecule has 1 aliphatic rings. The van der Waals surface area contributed by atoms with Crippen molar-refractivity contribution in [1.29, 1.82) is 0 Å². The second-order valence-electron chi connectivity index (χ2n) is 6.56. The maximum atomic E-state index is 4.84. The Morgan fingerprint density at radius 2 is 1.89 bits per heavy atom. The van der Waals surface area contributed by atoms with Crippen LogP contribution in [0.4, 0.5) is 0 Å². The number of benzene rings is 1. The molecule has 1 saturated heterocycles. The van der Waals surface area contributed by atoms with E-state index >= 15 is 0 Å². The molecule has 0 N–H and O–H groups in total. The molecule has 0 radical (unpaired) electrons. The van der Waals surface area contributed by atoms with Crippen molar-refractivity contribution in [2.75, 3.05) is 19.6 Å². The van der Waals surface area contributed by atoms with Crippen molar-refractivity contribution in [3.05, 3.63) is 41.2 Å². The molecule has 2 rings (SSSR count). The third kappa shape index (κ3) is 6.14. The molecule has 0 saturated carbocycles. The molecule has 1 aromatic rings. The molecule has 19 heavy (non-hydrogen) atoms. The summed E-state index contributed by atoms with van der Waals surface area (Å²) in [6, 6.07) is 11.3. The van der Waals surface area contributed by atoms with Gasteiger partial charge in [0.2, 0.25) is 0 Å². The molecule has 1 atom stereocenters. The molecule has 3 heteroatoms. The van der Waals surface area contributed by atoms with Crippen molar-refractivity contribution < 1.29 is 18.9 Å². The van der Waals surface area contributed by atoms with E-state index < -0.39 is 0 Å². The molecule has 1 aliphatic heterocycles. The number of nitrogens with zero attached hydrogens (tertiary/aromatic N) is 2. The summed E-state index contributed by atoms with van der Waals surface area (Å²) in [4.78, 5) is 2.52. The van der Waals surface area contributed by atoms with E-state index in [1.54, 1.807) is 0 Å². The minimum Gasteiger partial charge on any atom is -0.658 e. The van der Waals surface area contributed by atoms with Crippen LogP contribution in [-0.2, 0) is 6.54 Å². The van der Waals surface area contributed by atoms with Crippen molar-refractivity contribution in [3.8, 4) is 0 Å². The van der Waals surface area contributed by atoms with Crippen LogP contribution in [0.5, 0.6) is 0 Å². The maximum Gasteiger partial charge on any atom is 1.00 e.